The summed E-state index contributed by atoms with van der Waals surface area (Å²) >= 11 is 0. The highest BCUT2D eigenvalue weighted by Crippen LogP contribution is 2.37. The van der Waals surface area contributed by atoms with Crippen LogP contribution in [0.25, 0.3) is 0 Å². The second-order valence-electron chi connectivity index (χ2n) is 4.54. The Morgan fingerprint density at radius 3 is 2.93 bits per heavy atom. The van der Waals surface area contributed by atoms with E-state index in [-0.39, 0.29) is 11.2 Å². The fourth-order valence-electron chi connectivity index (χ4n) is 2.32. The van der Waals surface area contributed by atoms with Crippen LogP contribution in [0, 0.1) is 5.41 Å². The number of benzene rings is 1. The summed E-state index contributed by atoms with van der Waals surface area (Å²) < 4.78 is 0. The van der Waals surface area contributed by atoms with E-state index in [1.165, 1.54) is 5.56 Å². The zero-order chi connectivity index (χ0) is 10.9. The van der Waals surface area contributed by atoms with Crippen molar-refractivity contribution in [1.82, 2.24) is 0 Å². The highest BCUT2D eigenvalue weighted by Gasteiger charge is 2.36. The number of carbonyl (C=O) groups is 1. The average Bonchev–Trinajstić information content (AvgIpc) is 2.25. The Labute approximate surface area is 90.8 Å². The van der Waals surface area contributed by atoms with E-state index in [1.807, 2.05) is 31.2 Å². The van der Waals surface area contributed by atoms with Crippen LogP contribution in [0.2, 0.25) is 0 Å². The predicted molar refractivity (Wildman–Crippen MR) is 62.0 cm³/mol. The number of fused-ring (bicyclic) bond motifs is 1. The molecule has 0 radical (unpaired) electrons. The van der Waals surface area contributed by atoms with E-state index in [0.29, 0.717) is 0 Å². The molecule has 0 heterocycles. The molecule has 0 saturated carbocycles. The van der Waals surface area contributed by atoms with Gasteiger partial charge in [-0.15, -0.1) is 6.58 Å². The van der Waals surface area contributed by atoms with E-state index in [2.05, 4.69) is 12.6 Å². The van der Waals surface area contributed by atoms with Crippen molar-refractivity contribution in [3.8, 4) is 0 Å². The van der Waals surface area contributed by atoms with E-state index >= 15 is 0 Å². The zero-order valence-electron chi connectivity index (χ0n) is 9.12. The fraction of sp³-hybridized carbons (Fsp3) is 0.357. The molecule has 0 unspecified atom stereocenters. The van der Waals surface area contributed by atoms with Crippen molar-refractivity contribution in [3.63, 3.8) is 0 Å². The molecule has 1 nitrogen and oxygen atoms in total. The smallest absolute Gasteiger partial charge is 0.169 e. The Balaban J connectivity index is 2.41. The molecule has 15 heavy (non-hydrogen) atoms. The molecule has 1 aliphatic carbocycles. The minimum Gasteiger partial charge on any atom is -0.294 e. The van der Waals surface area contributed by atoms with Crippen LogP contribution in [0.3, 0.4) is 0 Å². The lowest BCUT2D eigenvalue weighted by Gasteiger charge is -2.32. The number of carbonyl (C=O) groups excluding carboxylic acids is 1. The molecule has 0 amide bonds. The number of allylic oxidation sites excluding steroid dienone is 1. The van der Waals surface area contributed by atoms with Crippen molar-refractivity contribution < 1.29 is 4.79 Å². The number of aryl methyl sites for hydroxylation is 1. The van der Waals surface area contributed by atoms with Crippen molar-refractivity contribution in [2.75, 3.05) is 0 Å². The van der Waals surface area contributed by atoms with Gasteiger partial charge in [-0.25, -0.2) is 0 Å². The standard InChI is InChI=1S/C14H16O/c1-3-9-14(2)10-8-11-6-4-5-7-12(11)13(14)15/h3-7H,1,8-10H2,2H3/t14-/m1/s1. The molecule has 1 aromatic carbocycles. The maximum absolute atomic E-state index is 12.3. The SMILES string of the molecule is C=CC[C@]1(C)CCc2ccccc2C1=O. The lowest BCUT2D eigenvalue weighted by Crippen LogP contribution is -2.32. The van der Waals surface area contributed by atoms with Crippen molar-refractivity contribution >= 4 is 5.78 Å². The topological polar surface area (TPSA) is 17.1 Å². The van der Waals surface area contributed by atoms with Gasteiger partial charge in [0.25, 0.3) is 0 Å². The maximum atomic E-state index is 12.3. The van der Waals surface area contributed by atoms with Gasteiger partial charge >= 0.3 is 0 Å². The summed E-state index contributed by atoms with van der Waals surface area (Å²) in [6, 6.07) is 7.94. The summed E-state index contributed by atoms with van der Waals surface area (Å²) in [5, 5.41) is 0. The molecule has 2 rings (SSSR count). The monoisotopic (exact) mass is 200 g/mol. The average molecular weight is 200 g/mol. The largest absolute Gasteiger partial charge is 0.294 e. The van der Waals surface area contributed by atoms with Crippen LogP contribution < -0.4 is 0 Å². The minimum absolute atomic E-state index is 0.226. The number of hydrogen-bond acceptors (Lipinski definition) is 1. The Bertz CT molecular complexity index is 406. The molecule has 0 bridgehead atoms. The third-order valence-corrected chi connectivity index (χ3v) is 3.35. The number of hydrogen-bond donors (Lipinski definition) is 0. The van der Waals surface area contributed by atoms with Gasteiger partial charge in [-0.05, 0) is 24.8 Å². The Hall–Kier alpha value is -1.37. The third-order valence-electron chi connectivity index (χ3n) is 3.35. The van der Waals surface area contributed by atoms with E-state index in [4.69, 9.17) is 0 Å². The van der Waals surface area contributed by atoms with Crippen LogP contribution in [0.4, 0.5) is 0 Å². The minimum atomic E-state index is -0.226. The fourth-order valence-corrected chi connectivity index (χ4v) is 2.32. The third kappa shape index (κ3) is 1.63. The van der Waals surface area contributed by atoms with Crippen LogP contribution in [-0.2, 0) is 6.42 Å². The second-order valence-corrected chi connectivity index (χ2v) is 4.54. The first kappa shape index (κ1) is 10.2. The molecule has 0 spiro atoms. The van der Waals surface area contributed by atoms with Gasteiger partial charge in [0.2, 0.25) is 0 Å². The zero-order valence-corrected chi connectivity index (χ0v) is 9.12. The van der Waals surface area contributed by atoms with Crippen LogP contribution in [-0.4, -0.2) is 5.78 Å². The molecule has 1 atom stereocenters. The van der Waals surface area contributed by atoms with E-state index in [9.17, 15) is 4.79 Å². The number of Topliss-reactive ketones (excluding diaryl/α,β-unsaturated/α-hetero) is 1. The molecule has 0 saturated heterocycles. The van der Waals surface area contributed by atoms with E-state index in [1.54, 1.807) is 0 Å². The maximum Gasteiger partial charge on any atom is 0.169 e. The molecular formula is C14H16O. The van der Waals surface area contributed by atoms with Gasteiger partial charge in [-0.1, -0.05) is 37.3 Å². The summed E-state index contributed by atoms with van der Waals surface area (Å²) in [5.74, 6) is 0.282. The summed E-state index contributed by atoms with van der Waals surface area (Å²) in [6.07, 6.45) is 4.58. The van der Waals surface area contributed by atoms with Crippen LogP contribution in [0.1, 0.15) is 35.7 Å². The van der Waals surface area contributed by atoms with Crippen LogP contribution in [0.5, 0.6) is 0 Å². The highest BCUT2D eigenvalue weighted by atomic mass is 16.1. The van der Waals surface area contributed by atoms with Crippen molar-refractivity contribution in [2.45, 2.75) is 26.2 Å². The molecule has 1 aliphatic rings. The Morgan fingerprint density at radius 2 is 2.20 bits per heavy atom. The molecular weight excluding hydrogens is 184 g/mol. The molecule has 0 fully saturated rings. The number of rotatable bonds is 2. The van der Waals surface area contributed by atoms with Crippen molar-refractivity contribution in [3.05, 3.63) is 48.0 Å². The van der Waals surface area contributed by atoms with Gasteiger partial charge < -0.3 is 0 Å². The first-order valence-electron chi connectivity index (χ1n) is 5.41. The van der Waals surface area contributed by atoms with Gasteiger partial charge in [0.1, 0.15) is 0 Å². The van der Waals surface area contributed by atoms with Crippen LogP contribution >= 0.6 is 0 Å². The molecule has 0 N–H and O–H groups in total. The summed E-state index contributed by atoms with van der Waals surface area (Å²) in [7, 11) is 0. The molecule has 0 aromatic heterocycles. The summed E-state index contributed by atoms with van der Waals surface area (Å²) in [5.41, 5.74) is 1.88. The quantitative estimate of drug-likeness (QED) is 0.669. The summed E-state index contributed by atoms with van der Waals surface area (Å²) in [4.78, 5) is 12.3. The molecule has 1 aromatic rings. The first-order valence-corrected chi connectivity index (χ1v) is 5.41. The van der Waals surface area contributed by atoms with Crippen molar-refractivity contribution in [1.29, 1.82) is 0 Å². The number of ketones is 1. The lowest BCUT2D eigenvalue weighted by molar-refractivity contribution is 0.0788. The highest BCUT2D eigenvalue weighted by molar-refractivity contribution is 6.02. The normalized spacial score (nSPS) is 24.7. The second kappa shape index (κ2) is 3.65. The molecule has 78 valence electrons. The van der Waals surface area contributed by atoms with Crippen LogP contribution in [0.15, 0.2) is 36.9 Å². The van der Waals surface area contributed by atoms with Crippen molar-refractivity contribution in [2.24, 2.45) is 5.41 Å². The van der Waals surface area contributed by atoms with Gasteiger partial charge in [-0.3, -0.25) is 4.79 Å². The van der Waals surface area contributed by atoms with Gasteiger partial charge in [0.05, 0.1) is 0 Å². The Morgan fingerprint density at radius 1 is 1.47 bits per heavy atom. The lowest BCUT2D eigenvalue weighted by atomic mass is 9.70. The van der Waals surface area contributed by atoms with Gasteiger partial charge in [0, 0.05) is 11.0 Å². The molecule has 0 aliphatic heterocycles. The summed E-state index contributed by atoms with van der Waals surface area (Å²) in [6.45, 7) is 5.79. The van der Waals surface area contributed by atoms with Gasteiger partial charge in [0.15, 0.2) is 5.78 Å². The molecule has 1 heteroatoms. The van der Waals surface area contributed by atoms with Gasteiger partial charge in [-0.2, -0.15) is 0 Å². The predicted octanol–water partition coefficient (Wildman–Crippen LogP) is 3.40. The Kier molecular flexibility index (Phi) is 2.47. The van der Waals surface area contributed by atoms with E-state index in [0.717, 1.165) is 24.8 Å². The first-order chi connectivity index (χ1) is 7.17. The van der Waals surface area contributed by atoms with E-state index < -0.39 is 0 Å².